The van der Waals surface area contributed by atoms with E-state index in [0.29, 0.717) is 0 Å². The average molecular weight is 178 g/mol. The third-order valence-corrected chi connectivity index (χ3v) is 2.71. The molecular formula is C9H20ClN. The smallest absolute Gasteiger partial charge is 0.0811 e. The van der Waals surface area contributed by atoms with Crippen molar-refractivity contribution in [2.75, 3.05) is 27.2 Å². The highest BCUT2D eigenvalue weighted by atomic mass is 35.5. The van der Waals surface area contributed by atoms with E-state index in [-0.39, 0.29) is 12.4 Å². The van der Waals surface area contributed by atoms with Crippen molar-refractivity contribution in [3.63, 3.8) is 0 Å². The van der Waals surface area contributed by atoms with Gasteiger partial charge >= 0.3 is 0 Å². The van der Waals surface area contributed by atoms with Crippen molar-refractivity contribution in [1.29, 1.82) is 0 Å². The first-order valence-corrected chi connectivity index (χ1v) is 4.46. The van der Waals surface area contributed by atoms with Crippen LogP contribution in [0.15, 0.2) is 0 Å². The molecule has 0 aliphatic carbocycles. The van der Waals surface area contributed by atoms with Crippen molar-refractivity contribution >= 4 is 0 Å². The van der Waals surface area contributed by atoms with E-state index in [1.807, 2.05) is 0 Å². The number of quaternary nitrogens is 1. The van der Waals surface area contributed by atoms with Gasteiger partial charge < -0.3 is 16.9 Å². The Balaban J connectivity index is 0.000001000. The van der Waals surface area contributed by atoms with Crippen LogP contribution < -0.4 is 12.4 Å². The van der Waals surface area contributed by atoms with Gasteiger partial charge in [-0.2, -0.15) is 0 Å². The highest BCUT2D eigenvalue weighted by Crippen LogP contribution is 2.21. The van der Waals surface area contributed by atoms with Crippen LogP contribution >= 0.6 is 0 Å². The van der Waals surface area contributed by atoms with Gasteiger partial charge in [-0.15, -0.1) is 0 Å². The van der Waals surface area contributed by atoms with Crippen molar-refractivity contribution < 1.29 is 16.9 Å². The Morgan fingerprint density at radius 2 is 2.00 bits per heavy atom. The van der Waals surface area contributed by atoms with E-state index in [1.54, 1.807) is 0 Å². The van der Waals surface area contributed by atoms with Gasteiger partial charge in [-0.1, -0.05) is 6.92 Å². The molecule has 11 heavy (non-hydrogen) atoms. The molecule has 68 valence electrons. The lowest BCUT2D eigenvalue weighted by molar-refractivity contribution is -0.898. The molecule has 1 nitrogen and oxygen atoms in total. The quantitative estimate of drug-likeness (QED) is 0.446. The van der Waals surface area contributed by atoms with Crippen molar-refractivity contribution in [3.05, 3.63) is 0 Å². The third-order valence-electron chi connectivity index (χ3n) is 2.71. The van der Waals surface area contributed by atoms with Crippen LogP contribution in [0.1, 0.15) is 26.2 Å². The van der Waals surface area contributed by atoms with Crippen molar-refractivity contribution in [2.24, 2.45) is 5.92 Å². The number of nitrogens with zero attached hydrogens (tertiary/aromatic N) is 1. The molecule has 1 atom stereocenters. The van der Waals surface area contributed by atoms with Crippen LogP contribution in [0.5, 0.6) is 0 Å². The number of hydrogen-bond acceptors (Lipinski definition) is 0. The summed E-state index contributed by atoms with van der Waals surface area (Å²) in [5, 5.41) is 0. The summed E-state index contributed by atoms with van der Waals surface area (Å²) < 4.78 is 1.25. The molecule has 1 heterocycles. The lowest BCUT2D eigenvalue weighted by atomic mass is 9.95. The minimum absolute atomic E-state index is 0. The van der Waals surface area contributed by atoms with E-state index in [9.17, 15) is 0 Å². The van der Waals surface area contributed by atoms with Gasteiger partial charge in [0.2, 0.25) is 0 Å². The monoisotopic (exact) mass is 177 g/mol. The molecule has 1 aliphatic heterocycles. The number of rotatable bonds is 1. The first-order chi connectivity index (χ1) is 4.64. The van der Waals surface area contributed by atoms with Crippen LogP contribution in [-0.2, 0) is 0 Å². The molecule has 1 unspecified atom stereocenters. The highest BCUT2D eigenvalue weighted by molar-refractivity contribution is 4.61. The van der Waals surface area contributed by atoms with E-state index < -0.39 is 0 Å². The van der Waals surface area contributed by atoms with Gasteiger partial charge in [0.05, 0.1) is 27.2 Å². The topological polar surface area (TPSA) is 0 Å². The van der Waals surface area contributed by atoms with Gasteiger partial charge in [0.1, 0.15) is 0 Å². The molecule has 1 aliphatic rings. The Morgan fingerprint density at radius 1 is 1.36 bits per heavy atom. The van der Waals surface area contributed by atoms with Gasteiger partial charge in [-0.25, -0.2) is 0 Å². The van der Waals surface area contributed by atoms with Crippen LogP contribution in [0.25, 0.3) is 0 Å². The number of piperidine rings is 1. The van der Waals surface area contributed by atoms with Gasteiger partial charge in [-0.05, 0) is 19.3 Å². The SMILES string of the molecule is CCC1CCC[N+](C)(C)C1.[Cl-]. The van der Waals surface area contributed by atoms with Crippen LogP contribution in [0, 0.1) is 5.92 Å². The molecule has 1 fully saturated rings. The van der Waals surface area contributed by atoms with Gasteiger partial charge in [0.25, 0.3) is 0 Å². The van der Waals surface area contributed by atoms with Crippen LogP contribution in [0.4, 0.5) is 0 Å². The Morgan fingerprint density at radius 3 is 2.36 bits per heavy atom. The summed E-state index contributed by atoms with van der Waals surface area (Å²) in [6.45, 7) is 5.10. The molecular weight excluding hydrogens is 158 g/mol. The van der Waals surface area contributed by atoms with Crippen LogP contribution in [0.3, 0.4) is 0 Å². The molecule has 1 saturated heterocycles. The Labute approximate surface area is 76.8 Å². The number of likely N-dealkylation sites (tertiary alicyclic amines) is 1. The molecule has 0 amide bonds. The second-order valence-electron chi connectivity index (χ2n) is 4.26. The third kappa shape index (κ3) is 3.44. The van der Waals surface area contributed by atoms with Gasteiger partial charge in [-0.3, -0.25) is 0 Å². The average Bonchev–Trinajstić information content (AvgIpc) is 1.86. The maximum atomic E-state index is 2.35. The van der Waals surface area contributed by atoms with E-state index >= 15 is 0 Å². The second-order valence-corrected chi connectivity index (χ2v) is 4.26. The first-order valence-electron chi connectivity index (χ1n) is 4.46. The fraction of sp³-hybridized carbons (Fsp3) is 1.00. The van der Waals surface area contributed by atoms with Crippen molar-refractivity contribution in [1.82, 2.24) is 0 Å². The predicted octanol–water partition coefficient (Wildman–Crippen LogP) is -1.11. The van der Waals surface area contributed by atoms with Crippen LogP contribution in [0.2, 0.25) is 0 Å². The predicted molar refractivity (Wildman–Crippen MR) is 44.9 cm³/mol. The number of hydrogen-bond donors (Lipinski definition) is 0. The first kappa shape index (κ1) is 11.2. The molecule has 0 radical (unpaired) electrons. The Bertz CT molecular complexity index is 112. The summed E-state index contributed by atoms with van der Waals surface area (Å²) in [6.07, 6.45) is 4.28. The minimum Gasteiger partial charge on any atom is -1.00 e. The molecule has 0 bridgehead atoms. The van der Waals surface area contributed by atoms with E-state index in [2.05, 4.69) is 21.0 Å². The number of halogens is 1. The molecule has 1 rings (SSSR count). The van der Waals surface area contributed by atoms with Crippen molar-refractivity contribution in [2.45, 2.75) is 26.2 Å². The standard InChI is InChI=1S/C9H20N.ClH/c1-4-9-6-5-7-10(2,3)8-9;/h9H,4-8H2,1-3H3;1H/q+1;/p-1. The fourth-order valence-electron chi connectivity index (χ4n) is 2.02. The zero-order valence-corrected chi connectivity index (χ0v) is 8.69. The molecule has 0 aromatic carbocycles. The summed E-state index contributed by atoms with van der Waals surface area (Å²) in [5.41, 5.74) is 0. The summed E-state index contributed by atoms with van der Waals surface area (Å²) in [5.74, 6) is 1.00. The fourth-order valence-corrected chi connectivity index (χ4v) is 2.02. The Hall–Kier alpha value is 0.250. The molecule has 0 saturated carbocycles. The van der Waals surface area contributed by atoms with Gasteiger partial charge in [0.15, 0.2) is 0 Å². The van der Waals surface area contributed by atoms with E-state index in [1.165, 1.54) is 36.8 Å². The zero-order chi connectivity index (χ0) is 7.61. The van der Waals surface area contributed by atoms with Crippen molar-refractivity contribution in [3.8, 4) is 0 Å². The molecule has 0 spiro atoms. The molecule has 0 aromatic rings. The highest BCUT2D eigenvalue weighted by Gasteiger charge is 2.25. The summed E-state index contributed by atoms with van der Waals surface area (Å²) in [6, 6.07) is 0. The largest absolute Gasteiger partial charge is 1.00 e. The zero-order valence-electron chi connectivity index (χ0n) is 7.94. The maximum Gasteiger partial charge on any atom is 0.0811 e. The molecule has 0 aromatic heterocycles. The molecule has 0 N–H and O–H groups in total. The lowest BCUT2D eigenvalue weighted by Crippen LogP contribution is -3.00. The lowest BCUT2D eigenvalue weighted by Gasteiger charge is -2.37. The normalized spacial score (nSPS) is 29.2. The minimum atomic E-state index is 0. The second kappa shape index (κ2) is 4.32. The summed E-state index contributed by atoms with van der Waals surface area (Å²) in [4.78, 5) is 0. The van der Waals surface area contributed by atoms with Gasteiger partial charge in [0, 0.05) is 5.92 Å². The summed E-state index contributed by atoms with van der Waals surface area (Å²) in [7, 11) is 4.70. The van der Waals surface area contributed by atoms with E-state index in [0.717, 1.165) is 5.92 Å². The van der Waals surface area contributed by atoms with E-state index in [4.69, 9.17) is 0 Å². The Kier molecular flexibility index (Phi) is 4.42. The maximum absolute atomic E-state index is 2.35. The molecule has 2 heteroatoms. The summed E-state index contributed by atoms with van der Waals surface area (Å²) >= 11 is 0. The van der Waals surface area contributed by atoms with Crippen LogP contribution in [-0.4, -0.2) is 31.7 Å².